The fraction of sp³-hybridized carbons (Fsp3) is 0.304. The van der Waals surface area contributed by atoms with E-state index in [1.54, 1.807) is 0 Å². The quantitative estimate of drug-likeness (QED) is 0.553. The van der Waals surface area contributed by atoms with E-state index in [2.05, 4.69) is 58.2 Å². The van der Waals surface area contributed by atoms with E-state index in [1.165, 1.54) is 17.5 Å². The van der Waals surface area contributed by atoms with Crippen molar-refractivity contribution >= 4 is 6.40 Å². The molecule has 4 rings (SSSR count). The van der Waals surface area contributed by atoms with E-state index in [0.29, 0.717) is 13.3 Å². The van der Waals surface area contributed by atoms with Crippen LogP contribution in [0.1, 0.15) is 29.9 Å². The monoisotopic (exact) mass is 390 g/mol. The van der Waals surface area contributed by atoms with Crippen LogP contribution in [-0.2, 0) is 24.0 Å². The van der Waals surface area contributed by atoms with Crippen LogP contribution in [0.4, 0.5) is 0 Å². The van der Waals surface area contributed by atoms with Crippen LogP contribution in [0, 0.1) is 0 Å². The average molecular weight is 390 g/mol. The van der Waals surface area contributed by atoms with Crippen molar-refractivity contribution in [2.45, 2.75) is 32.4 Å². The molecule has 150 valence electrons. The van der Waals surface area contributed by atoms with Gasteiger partial charge in [0.1, 0.15) is 11.9 Å². The van der Waals surface area contributed by atoms with Crippen LogP contribution in [0.15, 0.2) is 72.2 Å². The third-order valence-electron chi connectivity index (χ3n) is 5.06. The lowest BCUT2D eigenvalue weighted by atomic mass is 10.1. The Bertz CT molecular complexity index is 905. The summed E-state index contributed by atoms with van der Waals surface area (Å²) in [4.78, 5) is 4.48. The molecule has 0 aliphatic carbocycles. The van der Waals surface area contributed by atoms with Crippen molar-refractivity contribution in [3.8, 4) is 5.75 Å². The normalized spacial score (nSPS) is 14.0. The molecule has 29 heavy (non-hydrogen) atoms. The van der Waals surface area contributed by atoms with Crippen LogP contribution in [0.5, 0.6) is 5.75 Å². The average Bonchev–Trinajstić information content (AvgIpc) is 3.48. The minimum Gasteiger partial charge on any atom is -0.493 e. The van der Waals surface area contributed by atoms with Crippen molar-refractivity contribution in [2.24, 2.45) is 5.10 Å². The molecular formula is C23H26N4O2. The molecular weight excluding hydrogens is 364 g/mol. The predicted molar refractivity (Wildman–Crippen MR) is 113 cm³/mol. The van der Waals surface area contributed by atoms with Crippen molar-refractivity contribution in [1.82, 2.24) is 14.6 Å². The zero-order valence-electron chi connectivity index (χ0n) is 16.6. The highest BCUT2D eigenvalue weighted by molar-refractivity contribution is 5.47. The Labute approximate surface area is 171 Å². The van der Waals surface area contributed by atoms with E-state index >= 15 is 0 Å². The van der Waals surface area contributed by atoms with Gasteiger partial charge in [-0.1, -0.05) is 25.1 Å². The van der Waals surface area contributed by atoms with Gasteiger partial charge in [-0.05, 0) is 47.9 Å². The van der Waals surface area contributed by atoms with Gasteiger partial charge in [-0.3, -0.25) is 4.98 Å². The van der Waals surface area contributed by atoms with E-state index in [4.69, 9.17) is 9.47 Å². The molecule has 1 aliphatic heterocycles. The third-order valence-corrected chi connectivity index (χ3v) is 5.06. The van der Waals surface area contributed by atoms with Gasteiger partial charge in [0.2, 0.25) is 0 Å². The Kier molecular flexibility index (Phi) is 6.10. The number of hydrogen-bond donors (Lipinski definition) is 0. The van der Waals surface area contributed by atoms with Crippen molar-refractivity contribution in [3.05, 3.63) is 83.9 Å². The van der Waals surface area contributed by atoms with Crippen molar-refractivity contribution < 1.29 is 9.47 Å². The Morgan fingerprint density at radius 1 is 1.07 bits per heavy atom. The maximum absolute atomic E-state index is 5.90. The SMILES string of the molecule is CCc1ccc(CCOc2ccc(C[C@@H](N3COC=N3)n3cccc3)cc2)nc1. The van der Waals surface area contributed by atoms with Gasteiger partial charge in [0, 0.05) is 37.1 Å². The number of rotatable bonds is 9. The molecule has 0 saturated heterocycles. The van der Waals surface area contributed by atoms with Gasteiger partial charge in [-0.25, -0.2) is 5.01 Å². The molecule has 0 fully saturated rings. The topological polar surface area (TPSA) is 51.9 Å². The zero-order valence-corrected chi connectivity index (χ0v) is 16.6. The van der Waals surface area contributed by atoms with Crippen molar-refractivity contribution in [2.75, 3.05) is 13.3 Å². The number of nitrogens with zero attached hydrogens (tertiary/aromatic N) is 4. The summed E-state index contributed by atoms with van der Waals surface area (Å²) in [5.74, 6) is 0.874. The minimum absolute atomic E-state index is 0.0766. The Hall–Kier alpha value is -3.28. The predicted octanol–water partition coefficient (Wildman–Crippen LogP) is 4.04. The number of ether oxygens (including phenoxy) is 2. The molecule has 6 nitrogen and oxygen atoms in total. The number of pyridine rings is 1. The van der Waals surface area contributed by atoms with E-state index in [-0.39, 0.29) is 6.17 Å². The maximum atomic E-state index is 5.90. The van der Waals surface area contributed by atoms with Gasteiger partial charge >= 0.3 is 0 Å². The smallest absolute Gasteiger partial charge is 0.195 e. The highest BCUT2D eigenvalue weighted by Crippen LogP contribution is 2.23. The van der Waals surface area contributed by atoms with Gasteiger partial charge in [-0.15, -0.1) is 5.10 Å². The molecule has 0 bridgehead atoms. The fourth-order valence-electron chi connectivity index (χ4n) is 3.33. The van der Waals surface area contributed by atoms with Crippen LogP contribution in [0.25, 0.3) is 0 Å². The zero-order chi connectivity index (χ0) is 19.9. The lowest BCUT2D eigenvalue weighted by molar-refractivity contribution is 0.0844. The molecule has 3 aromatic rings. The van der Waals surface area contributed by atoms with Gasteiger partial charge < -0.3 is 14.0 Å². The van der Waals surface area contributed by atoms with Crippen molar-refractivity contribution in [3.63, 3.8) is 0 Å². The van der Waals surface area contributed by atoms with Crippen LogP contribution in [-0.4, -0.2) is 34.3 Å². The number of aryl methyl sites for hydroxylation is 1. The molecule has 2 aromatic heterocycles. The summed E-state index contributed by atoms with van der Waals surface area (Å²) in [6.45, 7) is 3.22. The number of hydrogen-bond acceptors (Lipinski definition) is 5. The lowest BCUT2D eigenvalue weighted by Gasteiger charge is -2.26. The first-order valence-electron chi connectivity index (χ1n) is 10.0. The Morgan fingerprint density at radius 2 is 1.86 bits per heavy atom. The molecule has 1 aliphatic rings. The van der Waals surface area contributed by atoms with Gasteiger partial charge in [0.25, 0.3) is 0 Å². The first-order chi connectivity index (χ1) is 14.3. The number of hydrazone groups is 1. The second kappa shape index (κ2) is 9.28. The summed E-state index contributed by atoms with van der Waals surface area (Å²) in [5, 5.41) is 6.27. The largest absolute Gasteiger partial charge is 0.493 e. The summed E-state index contributed by atoms with van der Waals surface area (Å²) in [6.07, 6.45) is 10.3. The summed E-state index contributed by atoms with van der Waals surface area (Å²) >= 11 is 0. The highest BCUT2D eigenvalue weighted by atomic mass is 16.5. The van der Waals surface area contributed by atoms with Crippen LogP contribution in [0.3, 0.4) is 0 Å². The Morgan fingerprint density at radius 3 is 2.52 bits per heavy atom. The number of aromatic nitrogens is 2. The summed E-state index contributed by atoms with van der Waals surface area (Å²) in [5.41, 5.74) is 3.53. The van der Waals surface area contributed by atoms with E-state index in [0.717, 1.165) is 30.7 Å². The standard InChI is InChI=1S/C23H26N4O2/c1-2-19-5-8-21(24-16-19)11-14-29-22-9-6-20(7-10-22)15-23(26-12-3-4-13-26)27-18-28-17-25-27/h3-10,12-13,16-17,23H,2,11,14-15,18H2,1H3/t23-/m1/s1. The van der Waals surface area contributed by atoms with Gasteiger partial charge in [-0.2, -0.15) is 0 Å². The van der Waals surface area contributed by atoms with E-state index < -0.39 is 0 Å². The van der Waals surface area contributed by atoms with Crippen LogP contribution < -0.4 is 4.74 Å². The van der Waals surface area contributed by atoms with Crippen LogP contribution in [0.2, 0.25) is 0 Å². The molecule has 0 unspecified atom stereocenters. The summed E-state index contributed by atoms with van der Waals surface area (Å²) < 4.78 is 13.3. The molecule has 1 atom stereocenters. The van der Waals surface area contributed by atoms with Crippen molar-refractivity contribution in [1.29, 1.82) is 0 Å². The molecule has 0 spiro atoms. The number of benzene rings is 1. The Balaban J connectivity index is 1.32. The summed E-state index contributed by atoms with van der Waals surface area (Å²) in [6, 6.07) is 16.5. The third kappa shape index (κ3) is 4.96. The molecule has 0 radical (unpaired) electrons. The first kappa shape index (κ1) is 19.1. The molecule has 0 amide bonds. The second-order valence-electron chi connectivity index (χ2n) is 7.02. The molecule has 1 aromatic carbocycles. The highest BCUT2D eigenvalue weighted by Gasteiger charge is 2.21. The van der Waals surface area contributed by atoms with Gasteiger partial charge in [0.15, 0.2) is 13.1 Å². The molecule has 3 heterocycles. The lowest BCUT2D eigenvalue weighted by Crippen LogP contribution is -2.28. The second-order valence-corrected chi connectivity index (χ2v) is 7.02. The molecule has 0 N–H and O–H groups in total. The van der Waals surface area contributed by atoms with Gasteiger partial charge in [0.05, 0.1) is 6.61 Å². The molecule has 6 heteroatoms. The minimum atomic E-state index is 0.0766. The van der Waals surface area contributed by atoms with E-state index in [9.17, 15) is 0 Å². The first-order valence-corrected chi connectivity index (χ1v) is 10.0. The maximum Gasteiger partial charge on any atom is 0.195 e. The summed E-state index contributed by atoms with van der Waals surface area (Å²) in [7, 11) is 0. The molecule has 0 saturated carbocycles. The fourth-order valence-corrected chi connectivity index (χ4v) is 3.33. The van der Waals surface area contributed by atoms with Crippen LogP contribution >= 0.6 is 0 Å². The van der Waals surface area contributed by atoms with E-state index in [1.807, 2.05) is 35.5 Å².